The molecule has 11 heteroatoms. The van der Waals surface area contributed by atoms with E-state index in [1.54, 1.807) is 18.7 Å². The highest BCUT2D eigenvalue weighted by Gasteiger charge is 2.47. The second-order valence-corrected chi connectivity index (χ2v) is 9.15. The Morgan fingerprint density at radius 1 is 1.36 bits per heavy atom. The number of carbonyl (C=O) groups is 1. The lowest BCUT2D eigenvalue weighted by Crippen LogP contribution is -2.35. The van der Waals surface area contributed by atoms with E-state index in [4.69, 9.17) is 9.15 Å². The highest BCUT2D eigenvalue weighted by molar-refractivity contribution is 7.98. The molecule has 156 valence electrons. The summed E-state index contributed by atoms with van der Waals surface area (Å²) in [5.74, 6) is 2.42. The summed E-state index contributed by atoms with van der Waals surface area (Å²) in [6.45, 7) is 2.83. The minimum Gasteiger partial charge on any atom is -0.465 e. The lowest BCUT2D eigenvalue weighted by atomic mass is 10.2. The summed E-state index contributed by atoms with van der Waals surface area (Å²) in [5.41, 5.74) is 0.0859. The van der Waals surface area contributed by atoms with Crippen LogP contribution in [0.1, 0.15) is 18.4 Å². The highest BCUT2D eigenvalue weighted by atomic mass is 32.2. The zero-order valence-electron chi connectivity index (χ0n) is 16.5. The number of hydrogen-bond acceptors (Lipinski definition) is 9. The monoisotopic (exact) mass is 430 g/mol. The predicted octanol–water partition coefficient (Wildman–Crippen LogP) is 0.908. The van der Waals surface area contributed by atoms with Crippen LogP contribution in [0.4, 0.5) is 0 Å². The molecule has 1 unspecified atom stereocenters. The average molecular weight is 431 g/mol. The van der Waals surface area contributed by atoms with Gasteiger partial charge in [0.25, 0.3) is 10.0 Å². The van der Waals surface area contributed by atoms with Gasteiger partial charge in [-0.25, -0.2) is 8.42 Å². The molecule has 0 spiro atoms. The Morgan fingerprint density at radius 3 is 2.71 bits per heavy atom. The zero-order chi connectivity index (χ0) is 20.7. The SMILES string of the molecule is CCOC(=O)C1C(=NC)C(=NCCSCc2ccc(CN(C)C)o2)NS1(=O)=O. The third-order valence-electron chi connectivity index (χ3n) is 3.72. The standard InChI is InChI=1S/C17H26N4O5S2/c1-5-25-17(22)15-14(18-2)16(20-28(15,23)24)19-8-9-27-11-13-7-6-12(26-13)10-21(3)4/h6-7,15H,5,8-11H2,1-4H3,(H,19,20). The fourth-order valence-corrected chi connectivity index (χ4v) is 4.71. The highest BCUT2D eigenvalue weighted by Crippen LogP contribution is 2.17. The van der Waals surface area contributed by atoms with Crippen LogP contribution in [0, 0.1) is 0 Å². The minimum atomic E-state index is -3.92. The maximum Gasteiger partial charge on any atom is 0.332 e. The molecule has 0 amide bonds. The number of nitrogens with one attached hydrogen (secondary N) is 1. The van der Waals surface area contributed by atoms with Gasteiger partial charge in [0.05, 0.1) is 25.4 Å². The van der Waals surface area contributed by atoms with E-state index in [1.165, 1.54) is 7.05 Å². The van der Waals surface area contributed by atoms with Crippen LogP contribution in [-0.2, 0) is 31.9 Å². The zero-order valence-corrected chi connectivity index (χ0v) is 18.1. The average Bonchev–Trinajstić information content (AvgIpc) is 3.14. The Hall–Kier alpha value is -1.85. The molecule has 1 aliphatic rings. The van der Waals surface area contributed by atoms with E-state index in [9.17, 15) is 13.2 Å². The van der Waals surface area contributed by atoms with E-state index >= 15 is 0 Å². The quantitative estimate of drug-likeness (QED) is 0.457. The van der Waals surface area contributed by atoms with Crippen molar-refractivity contribution < 1.29 is 22.4 Å². The third kappa shape index (κ3) is 5.82. The Kier molecular flexibility index (Phi) is 8.08. The molecular weight excluding hydrogens is 404 g/mol. The van der Waals surface area contributed by atoms with Crippen molar-refractivity contribution in [1.82, 2.24) is 9.62 Å². The van der Waals surface area contributed by atoms with Crippen LogP contribution in [-0.4, -0.2) is 76.1 Å². The van der Waals surface area contributed by atoms with Crippen molar-refractivity contribution >= 4 is 39.3 Å². The molecule has 1 saturated heterocycles. The molecule has 1 aromatic rings. The van der Waals surface area contributed by atoms with Gasteiger partial charge in [0.2, 0.25) is 5.25 Å². The number of hydrogen-bond donors (Lipinski definition) is 1. The van der Waals surface area contributed by atoms with Gasteiger partial charge in [0.15, 0.2) is 5.84 Å². The van der Waals surface area contributed by atoms with Crippen LogP contribution in [0.2, 0.25) is 0 Å². The molecule has 2 rings (SSSR count). The predicted molar refractivity (Wildman–Crippen MR) is 110 cm³/mol. The second-order valence-electron chi connectivity index (χ2n) is 6.28. The molecule has 28 heavy (non-hydrogen) atoms. The number of esters is 1. The third-order valence-corrected chi connectivity index (χ3v) is 6.20. The summed E-state index contributed by atoms with van der Waals surface area (Å²) in [6.07, 6.45) is 0. The molecule has 1 N–H and O–H groups in total. The van der Waals surface area contributed by atoms with Crippen molar-refractivity contribution in [2.75, 3.05) is 40.0 Å². The maximum absolute atomic E-state index is 12.2. The smallest absolute Gasteiger partial charge is 0.332 e. The summed E-state index contributed by atoms with van der Waals surface area (Å²) < 4.78 is 37.3. The van der Waals surface area contributed by atoms with Gasteiger partial charge in [0.1, 0.15) is 17.2 Å². The van der Waals surface area contributed by atoms with Gasteiger partial charge in [-0.3, -0.25) is 19.5 Å². The number of furan rings is 1. The number of sulfonamides is 1. The molecule has 0 aromatic carbocycles. The molecule has 9 nitrogen and oxygen atoms in total. The Balaban J connectivity index is 1.90. The van der Waals surface area contributed by atoms with Gasteiger partial charge in [-0.05, 0) is 33.2 Å². The summed E-state index contributed by atoms with van der Waals surface area (Å²) in [5, 5.41) is -1.47. The van der Waals surface area contributed by atoms with Crippen LogP contribution in [0.3, 0.4) is 0 Å². The first kappa shape index (κ1) is 22.4. The van der Waals surface area contributed by atoms with Crippen molar-refractivity contribution in [2.24, 2.45) is 9.98 Å². The number of ether oxygens (including phenoxy) is 1. The van der Waals surface area contributed by atoms with E-state index in [1.807, 2.05) is 31.1 Å². The Morgan fingerprint density at radius 2 is 2.07 bits per heavy atom. The number of rotatable bonds is 9. The molecule has 1 atom stereocenters. The largest absolute Gasteiger partial charge is 0.465 e. The van der Waals surface area contributed by atoms with Gasteiger partial charge in [0, 0.05) is 12.8 Å². The van der Waals surface area contributed by atoms with Gasteiger partial charge in [-0.2, -0.15) is 11.8 Å². The number of carbonyl (C=O) groups excluding carboxylic acids is 1. The van der Waals surface area contributed by atoms with Crippen LogP contribution in [0.25, 0.3) is 0 Å². The minimum absolute atomic E-state index is 0.0859. The molecular formula is C17H26N4O5S2. The normalized spacial score (nSPS) is 21.4. The lowest BCUT2D eigenvalue weighted by molar-refractivity contribution is -0.141. The first-order valence-electron chi connectivity index (χ1n) is 8.78. The number of aliphatic imine (C=N–C) groups is 2. The molecule has 1 aromatic heterocycles. The van der Waals surface area contributed by atoms with E-state index in [0.717, 1.165) is 18.1 Å². The molecule has 0 bridgehead atoms. The molecule has 0 saturated carbocycles. The summed E-state index contributed by atoms with van der Waals surface area (Å²) in [4.78, 5) is 22.2. The van der Waals surface area contributed by atoms with Crippen molar-refractivity contribution in [3.8, 4) is 0 Å². The van der Waals surface area contributed by atoms with Gasteiger partial charge in [-0.15, -0.1) is 0 Å². The number of thioether (sulfide) groups is 1. The van der Waals surface area contributed by atoms with Crippen LogP contribution >= 0.6 is 11.8 Å². The van der Waals surface area contributed by atoms with Gasteiger partial charge < -0.3 is 14.1 Å². The Bertz CT molecular complexity index is 845. The van der Waals surface area contributed by atoms with Gasteiger partial charge >= 0.3 is 5.97 Å². The van der Waals surface area contributed by atoms with Crippen LogP contribution in [0.15, 0.2) is 26.5 Å². The first-order valence-corrected chi connectivity index (χ1v) is 11.5. The number of amidine groups is 1. The van der Waals surface area contributed by atoms with Crippen molar-refractivity contribution in [1.29, 1.82) is 0 Å². The second kappa shape index (κ2) is 10.1. The van der Waals surface area contributed by atoms with Crippen molar-refractivity contribution in [3.63, 3.8) is 0 Å². The fraction of sp³-hybridized carbons (Fsp3) is 0.588. The first-order chi connectivity index (χ1) is 13.3. The van der Waals surface area contributed by atoms with E-state index in [0.29, 0.717) is 18.1 Å². The topological polar surface area (TPSA) is 114 Å². The number of nitrogens with zero attached hydrogens (tertiary/aromatic N) is 3. The summed E-state index contributed by atoms with van der Waals surface area (Å²) in [6, 6.07) is 3.91. The van der Waals surface area contributed by atoms with Gasteiger partial charge in [-0.1, -0.05) is 0 Å². The molecule has 1 aliphatic heterocycles. The Labute approximate surface area is 169 Å². The molecule has 2 heterocycles. The summed E-state index contributed by atoms with van der Waals surface area (Å²) in [7, 11) is 1.46. The van der Waals surface area contributed by atoms with Crippen molar-refractivity contribution in [3.05, 3.63) is 23.7 Å². The molecule has 0 radical (unpaired) electrons. The van der Waals surface area contributed by atoms with Crippen LogP contribution in [0.5, 0.6) is 0 Å². The van der Waals surface area contributed by atoms with E-state index in [-0.39, 0.29) is 18.2 Å². The van der Waals surface area contributed by atoms with Crippen molar-refractivity contribution in [2.45, 2.75) is 24.5 Å². The molecule has 1 fully saturated rings. The van der Waals surface area contributed by atoms with E-state index < -0.39 is 21.2 Å². The van der Waals surface area contributed by atoms with E-state index in [2.05, 4.69) is 14.7 Å². The fourth-order valence-electron chi connectivity index (χ4n) is 2.60. The lowest BCUT2D eigenvalue weighted by Gasteiger charge is -2.07. The maximum atomic E-state index is 12.2. The molecule has 0 aliphatic carbocycles. The van der Waals surface area contributed by atoms with Crippen LogP contribution < -0.4 is 4.72 Å². The summed E-state index contributed by atoms with van der Waals surface area (Å²) >= 11 is 1.62.